The van der Waals surface area contributed by atoms with E-state index in [9.17, 15) is 19.5 Å². The monoisotopic (exact) mass is 358 g/mol. The fraction of sp³-hybridized carbons (Fsp3) is 0.462. The largest absolute Gasteiger partial charge is 0.480 e. The smallest absolute Gasteiger partial charge is 0.329 e. The number of likely N-dealkylation sites (tertiary alicyclic amines) is 1. The van der Waals surface area contributed by atoms with Crippen LogP contribution in [0.2, 0.25) is 0 Å². The molecule has 0 radical (unpaired) electrons. The Kier molecular flexibility index (Phi) is 4.36. The summed E-state index contributed by atoms with van der Waals surface area (Å²) in [5.41, 5.74) is -1.20. The molecule has 2 heterocycles. The van der Waals surface area contributed by atoms with E-state index in [4.69, 9.17) is 4.42 Å². The third-order valence-electron chi connectivity index (χ3n) is 3.60. The van der Waals surface area contributed by atoms with Gasteiger partial charge in [-0.1, -0.05) is 0 Å². The maximum absolute atomic E-state index is 12.1. The Balaban J connectivity index is 1.96. The third kappa shape index (κ3) is 3.10. The van der Waals surface area contributed by atoms with Crippen molar-refractivity contribution < 1.29 is 23.9 Å². The lowest BCUT2D eigenvalue weighted by Gasteiger charge is -2.31. The minimum Gasteiger partial charge on any atom is -0.480 e. The van der Waals surface area contributed by atoms with Gasteiger partial charge in [0.15, 0.2) is 10.4 Å². The number of carbonyl (C=O) groups excluding carboxylic acids is 2. The zero-order valence-electron chi connectivity index (χ0n) is 11.4. The Hall–Kier alpha value is -1.83. The van der Waals surface area contributed by atoms with Gasteiger partial charge in [-0.05, 0) is 47.8 Å². The second-order valence-corrected chi connectivity index (χ2v) is 5.80. The molecule has 2 rings (SSSR count). The summed E-state index contributed by atoms with van der Waals surface area (Å²) >= 11 is 3.08. The van der Waals surface area contributed by atoms with Gasteiger partial charge in [0.2, 0.25) is 5.91 Å². The Bertz CT molecular complexity index is 585. The first kappa shape index (κ1) is 15.6. The molecule has 1 saturated heterocycles. The van der Waals surface area contributed by atoms with Gasteiger partial charge in [0.05, 0.1) is 6.54 Å². The van der Waals surface area contributed by atoms with Crippen LogP contribution in [-0.4, -0.2) is 46.4 Å². The predicted octanol–water partition coefficient (Wildman–Crippen LogP) is 1.24. The molecule has 8 heteroatoms. The summed E-state index contributed by atoms with van der Waals surface area (Å²) in [6, 6.07) is 3.04. The quantitative estimate of drug-likeness (QED) is 0.843. The zero-order chi connectivity index (χ0) is 15.6. The highest BCUT2D eigenvalue weighted by molar-refractivity contribution is 9.10. The van der Waals surface area contributed by atoms with Crippen molar-refractivity contribution in [1.82, 2.24) is 10.2 Å². The van der Waals surface area contributed by atoms with Crippen LogP contribution in [-0.2, 0) is 9.59 Å². The molecule has 1 aliphatic heterocycles. The molecule has 1 aliphatic rings. The van der Waals surface area contributed by atoms with Crippen LogP contribution < -0.4 is 5.32 Å². The van der Waals surface area contributed by atoms with Gasteiger partial charge in [-0.3, -0.25) is 9.59 Å². The van der Waals surface area contributed by atoms with Crippen molar-refractivity contribution >= 4 is 33.7 Å². The normalized spacial score (nSPS) is 21.3. The minimum atomic E-state index is -1.20. The van der Waals surface area contributed by atoms with E-state index in [-0.39, 0.29) is 12.3 Å². The number of carbonyl (C=O) groups is 3. The second-order valence-electron chi connectivity index (χ2n) is 5.01. The lowest BCUT2D eigenvalue weighted by Crippen LogP contribution is -2.53. The standard InChI is InChI=1S/C13H15BrN2O5/c1-13(12(19)20)5-2-6-16(13)10(17)7-15-11(18)8-3-4-9(14)21-8/h3-4H,2,5-7H2,1H3,(H,15,18)(H,19,20). The highest BCUT2D eigenvalue weighted by Crippen LogP contribution is 2.29. The fourth-order valence-electron chi connectivity index (χ4n) is 2.36. The molecule has 2 N–H and O–H groups in total. The van der Waals surface area contributed by atoms with Gasteiger partial charge in [-0.2, -0.15) is 0 Å². The molecule has 0 aromatic carbocycles. The summed E-state index contributed by atoms with van der Waals surface area (Å²) < 4.78 is 5.48. The minimum absolute atomic E-state index is 0.0806. The van der Waals surface area contributed by atoms with Crippen molar-refractivity contribution in [1.29, 1.82) is 0 Å². The van der Waals surface area contributed by atoms with Gasteiger partial charge in [0.1, 0.15) is 5.54 Å². The summed E-state index contributed by atoms with van der Waals surface area (Å²) in [6.07, 6.45) is 1.04. The van der Waals surface area contributed by atoms with Crippen LogP contribution in [0, 0.1) is 0 Å². The molecule has 0 aliphatic carbocycles. The fourth-order valence-corrected chi connectivity index (χ4v) is 2.67. The third-order valence-corrected chi connectivity index (χ3v) is 4.03. The molecular weight excluding hydrogens is 344 g/mol. The highest BCUT2D eigenvalue weighted by atomic mass is 79.9. The first-order chi connectivity index (χ1) is 9.84. The molecule has 1 aromatic rings. The zero-order valence-corrected chi connectivity index (χ0v) is 13.0. The van der Waals surface area contributed by atoms with Gasteiger partial charge in [0.25, 0.3) is 5.91 Å². The van der Waals surface area contributed by atoms with Crippen LogP contribution in [0.4, 0.5) is 0 Å². The van der Waals surface area contributed by atoms with Gasteiger partial charge >= 0.3 is 5.97 Å². The Labute approximate surface area is 129 Å². The van der Waals surface area contributed by atoms with Gasteiger partial charge in [-0.15, -0.1) is 0 Å². The average molecular weight is 359 g/mol. The summed E-state index contributed by atoms with van der Waals surface area (Å²) in [5.74, 6) is -1.90. The molecule has 0 spiro atoms. The maximum Gasteiger partial charge on any atom is 0.329 e. The summed E-state index contributed by atoms with van der Waals surface area (Å²) in [7, 11) is 0. The Morgan fingerprint density at radius 1 is 1.48 bits per heavy atom. The number of nitrogens with one attached hydrogen (secondary N) is 1. The number of aliphatic carboxylic acids is 1. The number of rotatable bonds is 4. The first-order valence-corrected chi connectivity index (χ1v) is 7.21. The van der Waals surface area contributed by atoms with Crippen LogP contribution in [0.5, 0.6) is 0 Å². The van der Waals surface area contributed by atoms with E-state index in [0.717, 1.165) is 0 Å². The van der Waals surface area contributed by atoms with E-state index in [2.05, 4.69) is 21.2 Å². The van der Waals surface area contributed by atoms with Crippen molar-refractivity contribution in [3.05, 3.63) is 22.6 Å². The highest BCUT2D eigenvalue weighted by Gasteiger charge is 2.45. The molecule has 0 bridgehead atoms. The topological polar surface area (TPSA) is 99.9 Å². The van der Waals surface area contributed by atoms with Crippen LogP contribution in [0.25, 0.3) is 0 Å². The van der Waals surface area contributed by atoms with Gasteiger partial charge in [0, 0.05) is 6.54 Å². The Morgan fingerprint density at radius 3 is 2.76 bits per heavy atom. The molecule has 1 aromatic heterocycles. The molecule has 1 unspecified atom stereocenters. The SMILES string of the molecule is CC1(C(=O)O)CCCN1C(=O)CNC(=O)c1ccc(Br)o1. The average Bonchev–Trinajstić information content (AvgIpc) is 3.02. The van der Waals surface area contributed by atoms with E-state index in [0.29, 0.717) is 24.1 Å². The van der Waals surface area contributed by atoms with E-state index >= 15 is 0 Å². The number of hydrogen-bond donors (Lipinski definition) is 2. The van der Waals surface area contributed by atoms with Crippen molar-refractivity contribution in [2.24, 2.45) is 0 Å². The number of carboxylic acid groups (broad SMARTS) is 1. The predicted molar refractivity (Wildman–Crippen MR) is 75.7 cm³/mol. The summed E-state index contributed by atoms with van der Waals surface area (Å²) in [5, 5.41) is 11.7. The van der Waals surface area contributed by atoms with E-state index in [1.165, 1.54) is 17.9 Å². The van der Waals surface area contributed by atoms with Crippen molar-refractivity contribution in [2.75, 3.05) is 13.1 Å². The van der Waals surface area contributed by atoms with E-state index in [1.807, 2.05) is 0 Å². The lowest BCUT2D eigenvalue weighted by atomic mass is 9.99. The lowest BCUT2D eigenvalue weighted by molar-refractivity contribution is -0.154. The van der Waals surface area contributed by atoms with Crippen molar-refractivity contribution in [3.8, 4) is 0 Å². The second kappa shape index (κ2) is 5.88. The van der Waals surface area contributed by atoms with Crippen molar-refractivity contribution in [2.45, 2.75) is 25.3 Å². The number of halogens is 1. The number of hydrogen-bond acceptors (Lipinski definition) is 4. The van der Waals surface area contributed by atoms with Gasteiger partial charge in [-0.25, -0.2) is 4.79 Å². The molecule has 1 fully saturated rings. The molecule has 114 valence electrons. The maximum atomic E-state index is 12.1. The molecule has 2 amide bonds. The Morgan fingerprint density at radius 2 is 2.19 bits per heavy atom. The molecule has 1 atom stereocenters. The molecule has 7 nitrogen and oxygen atoms in total. The first-order valence-electron chi connectivity index (χ1n) is 6.42. The van der Waals surface area contributed by atoms with Crippen LogP contribution in [0.1, 0.15) is 30.3 Å². The number of amides is 2. The van der Waals surface area contributed by atoms with Crippen molar-refractivity contribution in [3.63, 3.8) is 0 Å². The number of nitrogens with zero attached hydrogens (tertiary/aromatic N) is 1. The molecule has 21 heavy (non-hydrogen) atoms. The summed E-state index contributed by atoms with van der Waals surface area (Å²) in [4.78, 5) is 36.5. The van der Waals surface area contributed by atoms with Crippen LogP contribution in [0.3, 0.4) is 0 Å². The van der Waals surface area contributed by atoms with Gasteiger partial charge < -0.3 is 19.7 Å². The number of carboxylic acids is 1. The number of furan rings is 1. The van der Waals surface area contributed by atoms with Crippen LogP contribution in [0.15, 0.2) is 21.2 Å². The van der Waals surface area contributed by atoms with E-state index in [1.54, 1.807) is 6.07 Å². The molecular formula is C13H15BrN2O5. The molecule has 0 saturated carbocycles. The summed E-state index contributed by atoms with van der Waals surface area (Å²) in [6.45, 7) is 1.63. The van der Waals surface area contributed by atoms with Crippen LogP contribution >= 0.6 is 15.9 Å². The van der Waals surface area contributed by atoms with E-state index < -0.39 is 23.3 Å².